The molecule has 21 heavy (non-hydrogen) atoms. The summed E-state index contributed by atoms with van der Waals surface area (Å²) in [6.45, 7) is 1.63. The number of carbonyl (C=O) groups is 1. The number of aryl methyl sites for hydroxylation is 1. The van der Waals surface area contributed by atoms with Gasteiger partial charge in [-0.15, -0.1) is 5.10 Å². The molecule has 2 atom stereocenters. The van der Waals surface area contributed by atoms with E-state index < -0.39 is 12.2 Å². The Hall–Kier alpha value is -1.64. The van der Waals surface area contributed by atoms with Gasteiger partial charge in [0.15, 0.2) is 0 Å². The number of hydrogen-bond acceptors (Lipinski definition) is 4. The normalized spacial score (nSPS) is 24.0. The van der Waals surface area contributed by atoms with Crippen molar-refractivity contribution >= 4 is 5.91 Å². The Morgan fingerprint density at radius 3 is 2.71 bits per heavy atom. The first kappa shape index (κ1) is 15.7. The molecule has 0 spiro atoms. The van der Waals surface area contributed by atoms with Crippen molar-refractivity contribution < 1.29 is 18.0 Å². The van der Waals surface area contributed by atoms with Crippen LogP contribution < -0.4 is 5.32 Å². The van der Waals surface area contributed by atoms with E-state index in [-0.39, 0.29) is 31.5 Å². The standard InChI is InChI=1S/C12H18F3N5O/c1-8(21)17-9-3-4-11(12(13,14)15)20(6-9)7-10-5-16-18-19(10)2/h5,9,11H,3-4,6-7H2,1-2H3,(H,17,21)/t9-,11+/m1/s1. The smallest absolute Gasteiger partial charge is 0.352 e. The second-order valence-electron chi connectivity index (χ2n) is 5.31. The average molecular weight is 305 g/mol. The van der Waals surface area contributed by atoms with Gasteiger partial charge in [-0.3, -0.25) is 14.4 Å². The summed E-state index contributed by atoms with van der Waals surface area (Å²) < 4.78 is 40.9. The number of hydrogen-bond donors (Lipinski definition) is 1. The molecular formula is C12H18F3N5O. The average Bonchev–Trinajstić information content (AvgIpc) is 2.73. The van der Waals surface area contributed by atoms with Gasteiger partial charge in [0.25, 0.3) is 0 Å². The molecule has 1 aliphatic rings. The third-order valence-corrected chi connectivity index (χ3v) is 3.64. The maximum atomic E-state index is 13.1. The summed E-state index contributed by atoms with van der Waals surface area (Å²) >= 11 is 0. The zero-order chi connectivity index (χ0) is 15.6. The molecule has 0 aromatic carbocycles. The first-order valence-electron chi connectivity index (χ1n) is 6.69. The van der Waals surface area contributed by atoms with Crippen molar-refractivity contribution in [1.82, 2.24) is 25.2 Å². The molecule has 118 valence electrons. The molecule has 1 aromatic rings. The van der Waals surface area contributed by atoms with Gasteiger partial charge in [0.05, 0.1) is 11.9 Å². The summed E-state index contributed by atoms with van der Waals surface area (Å²) in [5.74, 6) is -0.229. The van der Waals surface area contributed by atoms with E-state index in [9.17, 15) is 18.0 Å². The van der Waals surface area contributed by atoms with E-state index in [0.29, 0.717) is 12.1 Å². The number of nitrogens with zero attached hydrogens (tertiary/aromatic N) is 4. The molecule has 9 heteroatoms. The number of nitrogens with one attached hydrogen (secondary N) is 1. The summed E-state index contributed by atoms with van der Waals surface area (Å²) in [7, 11) is 1.64. The molecule has 1 saturated heterocycles. The Balaban J connectivity index is 2.13. The van der Waals surface area contributed by atoms with Crippen LogP contribution in [0.3, 0.4) is 0 Å². The van der Waals surface area contributed by atoms with E-state index in [1.807, 2.05) is 0 Å². The van der Waals surface area contributed by atoms with Crippen LogP contribution in [0.2, 0.25) is 0 Å². The predicted octanol–water partition coefficient (Wildman–Crippen LogP) is 0.846. The minimum absolute atomic E-state index is 0.0280. The van der Waals surface area contributed by atoms with Crippen LogP contribution in [-0.2, 0) is 18.4 Å². The fourth-order valence-electron chi connectivity index (χ4n) is 2.66. The van der Waals surface area contributed by atoms with Crippen molar-refractivity contribution in [2.45, 2.75) is 44.6 Å². The monoisotopic (exact) mass is 305 g/mol. The second-order valence-corrected chi connectivity index (χ2v) is 5.31. The minimum atomic E-state index is -4.28. The summed E-state index contributed by atoms with van der Waals surface area (Å²) in [4.78, 5) is 12.4. The molecule has 1 aromatic heterocycles. The van der Waals surface area contributed by atoms with Gasteiger partial charge in [0.1, 0.15) is 6.04 Å². The number of halogens is 3. The number of likely N-dealkylation sites (tertiary alicyclic amines) is 1. The highest BCUT2D eigenvalue weighted by atomic mass is 19.4. The lowest BCUT2D eigenvalue weighted by Crippen LogP contribution is -2.55. The van der Waals surface area contributed by atoms with Gasteiger partial charge in [0, 0.05) is 33.1 Å². The predicted molar refractivity (Wildman–Crippen MR) is 68.1 cm³/mol. The molecule has 0 bridgehead atoms. The van der Waals surface area contributed by atoms with Crippen LogP contribution in [0.5, 0.6) is 0 Å². The van der Waals surface area contributed by atoms with E-state index in [0.717, 1.165) is 0 Å². The highest BCUT2D eigenvalue weighted by Crippen LogP contribution is 2.32. The summed E-state index contributed by atoms with van der Waals surface area (Å²) in [6.07, 6.45) is -2.54. The number of amides is 1. The number of rotatable bonds is 3. The first-order chi connectivity index (χ1) is 9.77. The SMILES string of the molecule is CC(=O)N[C@@H]1CC[C@@H](C(F)(F)F)N(Cc2cnnn2C)C1. The van der Waals surface area contributed by atoms with Crippen molar-refractivity contribution in [3.8, 4) is 0 Å². The molecule has 0 aliphatic carbocycles. The maximum Gasteiger partial charge on any atom is 0.404 e. The quantitative estimate of drug-likeness (QED) is 0.899. The number of aromatic nitrogens is 3. The lowest BCUT2D eigenvalue weighted by atomic mass is 9.97. The van der Waals surface area contributed by atoms with Crippen molar-refractivity contribution in [2.24, 2.45) is 7.05 Å². The van der Waals surface area contributed by atoms with Crippen LogP contribution in [0.4, 0.5) is 13.2 Å². The molecule has 1 aliphatic heterocycles. The van der Waals surface area contributed by atoms with Crippen LogP contribution in [-0.4, -0.2) is 50.6 Å². The lowest BCUT2D eigenvalue weighted by Gasteiger charge is -2.40. The minimum Gasteiger partial charge on any atom is -0.352 e. The fourth-order valence-corrected chi connectivity index (χ4v) is 2.66. The Morgan fingerprint density at radius 1 is 1.48 bits per heavy atom. The molecule has 0 saturated carbocycles. The van der Waals surface area contributed by atoms with E-state index in [1.165, 1.54) is 22.7 Å². The lowest BCUT2D eigenvalue weighted by molar-refractivity contribution is -0.194. The maximum absolute atomic E-state index is 13.1. The van der Waals surface area contributed by atoms with Crippen LogP contribution in [0, 0.1) is 0 Å². The van der Waals surface area contributed by atoms with Crippen LogP contribution in [0.1, 0.15) is 25.5 Å². The molecule has 1 amide bonds. The first-order valence-corrected chi connectivity index (χ1v) is 6.69. The van der Waals surface area contributed by atoms with Gasteiger partial charge in [-0.2, -0.15) is 13.2 Å². The van der Waals surface area contributed by atoms with Gasteiger partial charge in [-0.25, -0.2) is 0 Å². The zero-order valence-electron chi connectivity index (χ0n) is 11.9. The summed E-state index contributed by atoms with van der Waals surface area (Å²) in [5.41, 5.74) is 0.604. The molecule has 1 fully saturated rings. The second kappa shape index (κ2) is 6.00. The molecule has 1 N–H and O–H groups in total. The van der Waals surface area contributed by atoms with Gasteiger partial charge in [-0.05, 0) is 12.8 Å². The topological polar surface area (TPSA) is 63.1 Å². The van der Waals surface area contributed by atoms with Crippen LogP contribution in [0.25, 0.3) is 0 Å². The van der Waals surface area contributed by atoms with Gasteiger partial charge in [0.2, 0.25) is 5.91 Å². The number of alkyl halides is 3. The van der Waals surface area contributed by atoms with E-state index in [2.05, 4.69) is 15.6 Å². The van der Waals surface area contributed by atoms with Crippen molar-refractivity contribution in [3.05, 3.63) is 11.9 Å². The van der Waals surface area contributed by atoms with E-state index >= 15 is 0 Å². The molecule has 2 heterocycles. The molecular weight excluding hydrogens is 287 g/mol. The Bertz CT molecular complexity index is 501. The van der Waals surface area contributed by atoms with Gasteiger partial charge < -0.3 is 5.32 Å². The Labute approximate surface area is 120 Å². The fraction of sp³-hybridized carbons (Fsp3) is 0.750. The van der Waals surface area contributed by atoms with Gasteiger partial charge in [-0.1, -0.05) is 5.21 Å². The van der Waals surface area contributed by atoms with Crippen molar-refractivity contribution in [2.75, 3.05) is 6.54 Å². The van der Waals surface area contributed by atoms with Gasteiger partial charge >= 0.3 is 6.18 Å². The molecule has 2 rings (SSSR count). The van der Waals surface area contributed by atoms with Crippen LogP contribution in [0.15, 0.2) is 6.20 Å². The van der Waals surface area contributed by atoms with E-state index in [1.54, 1.807) is 7.05 Å². The summed E-state index contributed by atoms with van der Waals surface area (Å²) in [5, 5.41) is 10.1. The van der Waals surface area contributed by atoms with E-state index in [4.69, 9.17) is 0 Å². The van der Waals surface area contributed by atoms with Crippen molar-refractivity contribution in [1.29, 1.82) is 0 Å². The molecule has 0 unspecified atom stereocenters. The molecule has 0 radical (unpaired) electrons. The third-order valence-electron chi connectivity index (χ3n) is 3.64. The Morgan fingerprint density at radius 2 is 2.19 bits per heavy atom. The number of carbonyl (C=O) groups excluding carboxylic acids is 1. The van der Waals surface area contributed by atoms with Crippen LogP contribution >= 0.6 is 0 Å². The van der Waals surface area contributed by atoms with Crippen molar-refractivity contribution in [3.63, 3.8) is 0 Å². The zero-order valence-corrected chi connectivity index (χ0v) is 11.9. The third kappa shape index (κ3) is 3.93. The summed E-state index contributed by atoms with van der Waals surface area (Å²) in [6, 6.07) is -1.76. The number of piperidine rings is 1. The highest BCUT2D eigenvalue weighted by Gasteiger charge is 2.46. The highest BCUT2D eigenvalue weighted by molar-refractivity contribution is 5.73. The molecule has 6 nitrogen and oxygen atoms in total. The largest absolute Gasteiger partial charge is 0.404 e. The Kier molecular flexibility index (Phi) is 4.50.